The number of Topliss-reactive ketones (excluding diaryl/α,β-unsaturated/α-hetero) is 1. The lowest BCUT2D eigenvalue weighted by Crippen LogP contribution is -2.06. The number of hydrogen-bond acceptors (Lipinski definition) is 3. The van der Waals surface area contributed by atoms with E-state index >= 15 is 0 Å². The van der Waals surface area contributed by atoms with Crippen LogP contribution in [0.15, 0.2) is 0 Å². The summed E-state index contributed by atoms with van der Waals surface area (Å²) >= 11 is 2.02. The van der Waals surface area contributed by atoms with E-state index in [1.165, 1.54) is 11.8 Å². The highest BCUT2D eigenvalue weighted by Gasteiger charge is 2.08. The quantitative estimate of drug-likeness (QED) is 0.657. The van der Waals surface area contributed by atoms with E-state index in [0.29, 0.717) is 23.6 Å². The fourth-order valence-electron chi connectivity index (χ4n) is 0.999. The minimum absolute atomic E-state index is 0.193. The summed E-state index contributed by atoms with van der Waals surface area (Å²) in [4.78, 5) is 10.7. The third-order valence-corrected chi connectivity index (χ3v) is 3.15. The van der Waals surface area contributed by atoms with E-state index in [2.05, 4.69) is 0 Å². The van der Waals surface area contributed by atoms with Gasteiger partial charge in [0.2, 0.25) is 0 Å². The Hall–Kier alpha value is -0.0900. The van der Waals surface area contributed by atoms with Gasteiger partial charge in [-0.1, -0.05) is 6.92 Å². The number of rotatable bonds is 4. The first-order valence-corrected chi connectivity index (χ1v) is 5.75. The van der Waals surface area contributed by atoms with Crippen molar-refractivity contribution in [3.05, 3.63) is 0 Å². The highest BCUT2D eigenvalue weighted by molar-refractivity contribution is 8.20. The highest BCUT2D eigenvalue weighted by Crippen LogP contribution is 2.13. The molecule has 0 aliphatic rings. The smallest absolute Gasteiger partial charge is 0.130 e. The van der Waals surface area contributed by atoms with Crippen LogP contribution in [0.1, 0.15) is 26.7 Å². The van der Waals surface area contributed by atoms with Crippen LogP contribution in [0.4, 0.5) is 0 Å². The van der Waals surface area contributed by atoms with Crippen LogP contribution >= 0.6 is 11.8 Å². The lowest BCUT2D eigenvalue weighted by Gasteiger charge is -2.07. The van der Waals surface area contributed by atoms with Gasteiger partial charge >= 0.3 is 0 Å². The van der Waals surface area contributed by atoms with E-state index in [1.54, 1.807) is 6.92 Å². The van der Waals surface area contributed by atoms with Crippen molar-refractivity contribution in [2.75, 3.05) is 6.26 Å². The molecular formula is C8H14O2S2. The molecule has 0 aromatic carbocycles. The van der Waals surface area contributed by atoms with Gasteiger partial charge in [-0.2, -0.15) is 0 Å². The van der Waals surface area contributed by atoms with Crippen LogP contribution in [0.2, 0.25) is 0 Å². The Morgan fingerprint density at radius 3 is 2.33 bits per heavy atom. The van der Waals surface area contributed by atoms with Crippen LogP contribution < -0.4 is 0 Å². The van der Waals surface area contributed by atoms with Gasteiger partial charge in [0.05, 0.1) is 15.5 Å². The number of hydrogen-bond donors (Lipinski definition) is 0. The van der Waals surface area contributed by atoms with Gasteiger partial charge in [-0.05, 0) is 25.5 Å². The number of carbonyl (C=O) groups excluding carboxylic acids is 1. The molecule has 0 amide bonds. The van der Waals surface area contributed by atoms with Gasteiger partial charge in [0.1, 0.15) is 5.78 Å². The van der Waals surface area contributed by atoms with E-state index < -0.39 is 0 Å². The monoisotopic (exact) mass is 206 g/mol. The third kappa shape index (κ3) is 5.55. The summed E-state index contributed by atoms with van der Waals surface area (Å²) in [5.74, 6) is 0.491. The maximum Gasteiger partial charge on any atom is 0.130 e. The molecule has 0 aliphatic carbocycles. The Balaban J connectivity index is 3.90. The van der Waals surface area contributed by atoms with Crippen molar-refractivity contribution in [2.45, 2.75) is 26.7 Å². The Morgan fingerprint density at radius 2 is 2.00 bits per heavy atom. The number of carbonyl (C=O) groups is 1. The lowest BCUT2D eigenvalue weighted by atomic mass is 10.0. The van der Waals surface area contributed by atoms with Crippen molar-refractivity contribution in [3.63, 3.8) is 0 Å². The van der Waals surface area contributed by atoms with Crippen molar-refractivity contribution in [1.29, 1.82) is 0 Å². The largest absolute Gasteiger partial charge is 0.300 e. The highest BCUT2D eigenvalue weighted by atomic mass is 32.2. The zero-order valence-corrected chi connectivity index (χ0v) is 9.26. The first-order valence-electron chi connectivity index (χ1n) is 3.79. The van der Waals surface area contributed by atoms with Crippen molar-refractivity contribution in [3.8, 4) is 0 Å². The molecule has 0 N–H and O–H groups in total. The summed E-state index contributed by atoms with van der Waals surface area (Å²) in [6.45, 7) is 3.58. The maximum atomic E-state index is 10.7. The van der Waals surface area contributed by atoms with E-state index in [1.807, 2.05) is 13.2 Å². The molecule has 1 atom stereocenters. The first-order chi connectivity index (χ1) is 5.60. The summed E-state index contributed by atoms with van der Waals surface area (Å²) in [7, 11) is 0. The van der Waals surface area contributed by atoms with E-state index in [0.717, 1.165) is 10.6 Å². The maximum absolute atomic E-state index is 10.7. The summed E-state index contributed by atoms with van der Waals surface area (Å²) in [6.07, 6.45) is 3.21. The SMILES string of the molecule is CSC(CC(C)CC(C)=O)=S=O. The fourth-order valence-corrected chi connectivity index (χ4v) is 2.07. The van der Waals surface area contributed by atoms with Gasteiger partial charge in [0.15, 0.2) is 0 Å². The lowest BCUT2D eigenvalue weighted by molar-refractivity contribution is -0.117. The first kappa shape index (κ1) is 11.9. The molecule has 12 heavy (non-hydrogen) atoms. The van der Waals surface area contributed by atoms with Crippen LogP contribution in [0, 0.1) is 5.92 Å². The molecule has 0 bridgehead atoms. The van der Waals surface area contributed by atoms with Crippen molar-refractivity contribution in [2.24, 2.45) is 5.92 Å². The predicted molar refractivity (Wildman–Crippen MR) is 55.7 cm³/mol. The molecule has 0 heterocycles. The molecule has 2 nitrogen and oxygen atoms in total. The van der Waals surface area contributed by atoms with E-state index in [-0.39, 0.29) is 5.78 Å². The van der Waals surface area contributed by atoms with Crippen LogP contribution in [0.25, 0.3) is 0 Å². The molecule has 4 heteroatoms. The Kier molecular flexibility index (Phi) is 6.38. The molecule has 0 aliphatic heterocycles. The molecule has 0 aromatic heterocycles. The molecule has 0 saturated heterocycles. The second-order valence-corrected chi connectivity index (χ2v) is 4.69. The van der Waals surface area contributed by atoms with Gasteiger partial charge in [-0.3, -0.25) is 0 Å². The van der Waals surface area contributed by atoms with Crippen molar-refractivity contribution >= 4 is 33.0 Å². The van der Waals surface area contributed by atoms with Crippen LogP contribution in [-0.4, -0.2) is 20.4 Å². The van der Waals surface area contributed by atoms with Gasteiger partial charge in [-0.15, -0.1) is 11.8 Å². The molecule has 0 fully saturated rings. The number of ketones is 1. The summed E-state index contributed by atoms with van der Waals surface area (Å²) in [6, 6.07) is 0. The molecule has 0 aromatic rings. The van der Waals surface area contributed by atoms with E-state index in [4.69, 9.17) is 0 Å². The molecule has 0 rings (SSSR count). The van der Waals surface area contributed by atoms with Crippen LogP contribution in [0.3, 0.4) is 0 Å². The molecule has 0 saturated carbocycles. The molecule has 0 spiro atoms. The van der Waals surface area contributed by atoms with Gasteiger partial charge in [0.25, 0.3) is 0 Å². The fraction of sp³-hybridized carbons (Fsp3) is 0.750. The average molecular weight is 206 g/mol. The predicted octanol–water partition coefficient (Wildman–Crippen LogP) is 1.70. The van der Waals surface area contributed by atoms with Crippen LogP contribution in [0.5, 0.6) is 0 Å². The summed E-state index contributed by atoms with van der Waals surface area (Å²) in [5.41, 5.74) is 0. The van der Waals surface area contributed by atoms with Gasteiger partial charge in [0, 0.05) is 6.42 Å². The van der Waals surface area contributed by atoms with Crippen molar-refractivity contribution < 1.29 is 9.00 Å². The average Bonchev–Trinajstić information content (AvgIpc) is 1.98. The summed E-state index contributed by atoms with van der Waals surface area (Å²) in [5, 5.41) is 0. The zero-order valence-electron chi connectivity index (χ0n) is 7.62. The van der Waals surface area contributed by atoms with Gasteiger partial charge in [-0.25, -0.2) is 4.21 Å². The minimum atomic E-state index is 0.193. The Labute approximate surface area is 81.2 Å². The molecule has 0 radical (unpaired) electrons. The van der Waals surface area contributed by atoms with Crippen molar-refractivity contribution in [1.82, 2.24) is 0 Å². The van der Waals surface area contributed by atoms with Gasteiger partial charge < -0.3 is 4.79 Å². The minimum Gasteiger partial charge on any atom is -0.300 e. The third-order valence-electron chi connectivity index (χ3n) is 1.47. The number of thioether (sulfide) groups is 1. The Morgan fingerprint density at radius 1 is 1.42 bits per heavy atom. The Bertz CT molecular complexity index is 207. The molecular weight excluding hydrogens is 192 g/mol. The second-order valence-electron chi connectivity index (χ2n) is 2.87. The zero-order chi connectivity index (χ0) is 9.56. The summed E-state index contributed by atoms with van der Waals surface area (Å²) < 4.78 is 11.3. The van der Waals surface area contributed by atoms with E-state index in [9.17, 15) is 9.00 Å². The molecule has 1 unspecified atom stereocenters. The molecule has 70 valence electrons. The topological polar surface area (TPSA) is 34.1 Å². The van der Waals surface area contributed by atoms with Crippen LogP contribution in [-0.2, 0) is 16.1 Å². The normalized spacial score (nSPS) is 12.2. The second kappa shape index (κ2) is 6.43. The standard InChI is InChI=1S/C8H14O2S2/c1-6(4-7(2)9)5-8(11-3)12-10/h6H,4-5H2,1-3H3.